The molecular formula is C77H110BClIN6O11S3-. The average molecular weight is 1570 g/mol. The normalized spacial score (nSPS) is 16.5. The molecule has 6 heterocycles. The van der Waals surface area contributed by atoms with E-state index in [-0.39, 0.29) is 22.8 Å². The second-order valence-corrected chi connectivity index (χ2v) is 37.4. The summed E-state index contributed by atoms with van der Waals surface area (Å²) >= 11 is 12.0. The van der Waals surface area contributed by atoms with Gasteiger partial charge < -0.3 is 38.8 Å². The maximum atomic E-state index is 13.1. The number of esters is 2. The zero-order chi connectivity index (χ0) is 74.7. The van der Waals surface area contributed by atoms with Gasteiger partial charge in [-0.05, 0) is 188 Å². The van der Waals surface area contributed by atoms with E-state index in [0.717, 1.165) is 131 Å². The Kier molecular flexibility index (Phi) is 32.5. The first-order valence-electron chi connectivity index (χ1n) is 34.5. The predicted molar refractivity (Wildman–Crippen MR) is 406 cm³/mol. The Morgan fingerprint density at radius 1 is 0.540 bits per heavy atom. The van der Waals surface area contributed by atoms with Gasteiger partial charge in [0.25, 0.3) is 0 Å². The van der Waals surface area contributed by atoms with Crippen LogP contribution in [0.2, 0.25) is 4.34 Å². The fraction of sp³-hybridized carbons (Fsp3) is 0.571. The van der Waals surface area contributed by atoms with Crippen LogP contribution in [-0.2, 0) is 38.1 Å². The first kappa shape index (κ1) is 85.5. The SMILES string of the molecule is CCC[I-]C.CCOC(=O)C(OC(C)(C)C)c1c(C)sc(-c2cncnc2)c1C1=CCC(C)(C)CC1.CCOC(=O)C(OC(C)(C)C)c1c(C)sc(Cl)c1C1=CCC(C)(C)CC1.Cc1sc(-c2cncnc2)c(C2=CCC(C)(C)CC2)c1C(OC(C)(C)C)C(=O)O.OB(O)c1cncnc1. The summed E-state index contributed by atoms with van der Waals surface area (Å²) in [4.78, 5) is 69.5. The van der Waals surface area contributed by atoms with E-state index >= 15 is 0 Å². The van der Waals surface area contributed by atoms with E-state index in [4.69, 9.17) is 45.3 Å². The van der Waals surface area contributed by atoms with Crippen molar-refractivity contribution in [2.45, 2.75) is 245 Å². The van der Waals surface area contributed by atoms with Crippen molar-refractivity contribution in [2.24, 2.45) is 16.2 Å². The molecular weight excluding hydrogens is 1450 g/mol. The number of carbonyl (C=O) groups excluding carboxylic acids is 2. The number of alkyl halides is 2. The number of rotatable bonds is 19. The molecule has 6 aromatic rings. The second kappa shape index (κ2) is 38.0. The summed E-state index contributed by atoms with van der Waals surface area (Å²) in [5, 5.41) is 27.0. The Bertz CT molecular complexity index is 3720. The van der Waals surface area contributed by atoms with Gasteiger partial charge in [0.15, 0.2) is 18.3 Å². The standard InChI is InChI=1S/C25H34N2O3S.C23H30N2O3S.C21H31ClO3S.C4H5BN2O2.C4H10I/c1-8-29-23(28)21(30-24(3,4)5)19-16(2)31-22(18-13-26-15-27-14-18)20(19)17-9-11-25(6,7)12-10-17;1-14-17(19(21(26)27)28-22(2,3)4)18(15-7-9-23(5,6)10-8-15)20(29-14)16-11-24-13-25-12-16;1-8-24-19(23)17(25-20(3,4)5)15-13(2)26-18(22)16(15)14-9-11-21(6,7)12-10-14;8-5(9)4-1-6-3-7-2-4;1-3-4-5-2/h9,13-15,21H,8,10-12H2,1-7H3;7,11-13,19H,8-10H2,1-6H3,(H,26,27);9,17H,8,10-12H2,1-7H3;1-3,8-9H;3-4H2,1-2H3/q;;;;-1. The number of hydrogen-bond acceptors (Lipinski definition) is 19. The van der Waals surface area contributed by atoms with Gasteiger partial charge in [-0.2, -0.15) is 0 Å². The monoisotopic (exact) mass is 1560 g/mol. The van der Waals surface area contributed by atoms with E-state index in [1.807, 2.05) is 102 Å². The quantitative estimate of drug-likeness (QED) is 0.0296. The summed E-state index contributed by atoms with van der Waals surface area (Å²) < 4.78 is 31.5. The molecule has 3 unspecified atom stereocenters. The van der Waals surface area contributed by atoms with Gasteiger partial charge in [-0.1, -0.05) is 71.4 Å². The van der Waals surface area contributed by atoms with E-state index in [1.54, 1.807) is 35.1 Å². The number of nitrogens with zero attached hydrogens (tertiary/aromatic N) is 6. The van der Waals surface area contributed by atoms with Crippen molar-refractivity contribution in [3.63, 3.8) is 0 Å². The molecule has 0 aliphatic heterocycles. The number of thiophene rings is 3. The molecule has 0 radical (unpaired) electrons. The van der Waals surface area contributed by atoms with Gasteiger partial charge in [0, 0.05) is 112 Å². The number of hydrogen-bond donors (Lipinski definition) is 3. The molecule has 0 bridgehead atoms. The maximum Gasteiger partial charge on any atom is 0.491 e. The number of aliphatic carboxylic acids is 1. The molecule has 0 saturated carbocycles. The third kappa shape index (κ3) is 25.9. The molecule has 9 rings (SSSR count). The van der Waals surface area contributed by atoms with E-state index in [2.05, 4.69) is 108 Å². The van der Waals surface area contributed by atoms with Crippen LogP contribution in [0.25, 0.3) is 37.6 Å². The van der Waals surface area contributed by atoms with Gasteiger partial charge in [0.2, 0.25) is 0 Å². The first-order valence-corrected chi connectivity index (χ1v) is 41.0. The first-order chi connectivity index (χ1) is 46.7. The summed E-state index contributed by atoms with van der Waals surface area (Å²) in [5.74, 6) is -1.65. The van der Waals surface area contributed by atoms with Crippen LogP contribution in [0, 0.1) is 37.0 Å². The largest absolute Gasteiger partial charge is 0.491 e. The molecule has 3 atom stereocenters. The Morgan fingerprint density at radius 2 is 0.860 bits per heavy atom. The van der Waals surface area contributed by atoms with Crippen LogP contribution in [0.1, 0.15) is 255 Å². The van der Waals surface area contributed by atoms with Crippen molar-refractivity contribution in [2.75, 3.05) is 22.6 Å². The number of carbonyl (C=O) groups is 3. The van der Waals surface area contributed by atoms with Gasteiger partial charge in [-0.15, -0.1) is 34.0 Å². The van der Waals surface area contributed by atoms with Crippen LogP contribution in [0.15, 0.2) is 74.4 Å². The summed E-state index contributed by atoms with van der Waals surface area (Å²) in [7, 11) is -1.47. The van der Waals surface area contributed by atoms with Crippen molar-refractivity contribution in [3.8, 4) is 20.9 Å². The molecule has 23 heteroatoms. The number of carboxylic acids is 1. The molecule has 3 aliphatic rings. The Morgan fingerprint density at radius 3 is 1.14 bits per heavy atom. The maximum absolute atomic E-state index is 13.1. The molecule has 550 valence electrons. The van der Waals surface area contributed by atoms with Gasteiger partial charge >= 0.3 is 68.9 Å². The van der Waals surface area contributed by atoms with Gasteiger partial charge in [0.05, 0.1) is 30.0 Å². The molecule has 0 amide bonds. The van der Waals surface area contributed by atoms with Gasteiger partial charge in [-0.25, -0.2) is 44.3 Å². The number of halogens is 2. The third-order valence-electron chi connectivity index (χ3n) is 16.6. The zero-order valence-electron chi connectivity index (χ0n) is 63.2. The predicted octanol–water partition coefficient (Wildman–Crippen LogP) is 15.6. The zero-order valence-corrected chi connectivity index (χ0v) is 68.6. The number of aromatic nitrogens is 6. The van der Waals surface area contributed by atoms with E-state index < -0.39 is 48.2 Å². The Balaban J connectivity index is 0.000000246. The van der Waals surface area contributed by atoms with Crippen molar-refractivity contribution in [1.82, 2.24) is 29.9 Å². The summed E-state index contributed by atoms with van der Waals surface area (Å²) in [6.45, 7) is 43.7. The van der Waals surface area contributed by atoms with E-state index in [0.29, 0.717) is 45.3 Å². The number of ether oxygens (including phenoxy) is 5. The Labute approximate surface area is 623 Å². The summed E-state index contributed by atoms with van der Waals surface area (Å²) in [6.07, 6.45) is 29.1. The van der Waals surface area contributed by atoms with Crippen LogP contribution >= 0.6 is 45.6 Å². The minimum atomic E-state index is -1.47. The molecule has 6 aromatic heterocycles. The number of aryl methyl sites for hydroxylation is 3. The minimum absolute atomic E-state index is 0.263. The average Bonchev–Trinajstić information content (AvgIpc) is 1.61. The molecule has 0 spiro atoms. The number of allylic oxidation sites excluding steroid dienone is 6. The smallest absolute Gasteiger partial charge is 0.479 e. The van der Waals surface area contributed by atoms with Crippen LogP contribution in [0.3, 0.4) is 0 Å². The summed E-state index contributed by atoms with van der Waals surface area (Å²) in [5.41, 5.74) is 10.8. The van der Waals surface area contributed by atoms with Gasteiger partial charge in [-0.3, -0.25) is 0 Å². The van der Waals surface area contributed by atoms with E-state index in [9.17, 15) is 19.5 Å². The van der Waals surface area contributed by atoms with Crippen molar-refractivity contribution >= 4 is 92.8 Å². The van der Waals surface area contributed by atoms with E-state index in [1.165, 1.54) is 70.3 Å². The minimum Gasteiger partial charge on any atom is -0.479 e. The summed E-state index contributed by atoms with van der Waals surface area (Å²) in [6, 6.07) is 0. The third-order valence-corrected chi connectivity index (χ3v) is 22.4. The van der Waals surface area contributed by atoms with Crippen molar-refractivity contribution < 1.29 is 74.4 Å². The van der Waals surface area contributed by atoms with Gasteiger partial charge in [0.1, 0.15) is 23.3 Å². The van der Waals surface area contributed by atoms with Crippen LogP contribution in [0.5, 0.6) is 0 Å². The molecule has 100 heavy (non-hydrogen) atoms. The molecule has 0 saturated heterocycles. The molecule has 17 nitrogen and oxygen atoms in total. The molecule has 3 N–H and O–H groups in total. The van der Waals surface area contributed by atoms with Crippen molar-refractivity contribution in [1.29, 1.82) is 0 Å². The van der Waals surface area contributed by atoms with Crippen LogP contribution in [-0.4, -0.2) is 109 Å². The molecule has 3 aliphatic carbocycles. The van der Waals surface area contributed by atoms with Crippen LogP contribution in [0.4, 0.5) is 0 Å². The van der Waals surface area contributed by atoms with Crippen LogP contribution < -0.4 is 26.7 Å². The topological polar surface area (TPSA) is 235 Å². The fourth-order valence-electron chi connectivity index (χ4n) is 11.5. The second-order valence-electron chi connectivity index (χ2n) is 30.5. The Hall–Kier alpha value is -5.15. The molecule has 0 aromatic carbocycles. The molecule has 0 fully saturated rings. The fourth-order valence-corrected chi connectivity index (χ4v) is 16.4. The van der Waals surface area contributed by atoms with Crippen molar-refractivity contribution in [3.05, 3.63) is 127 Å². The number of carboxylic acid groups (broad SMARTS) is 1.